The monoisotopic (exact) mass is 398 g/mol. The van der Waals surface area contributed by atoms with E-state index in [0.29, 0.717) is 7.41 Å². The molecule has 3 nitrogen and oxygen atoms in total. The molecule has 0 unspecified atom stereocenters. The minimum atomic E-state index is -0.524. The fourth-order valence-electron chi connectivity index (χ4n) is 0.642. The molecule has 2 aliphatic heterocycles. The summed E-state index contributed by atoms with van der Waals surface area (Å²) in [6.45, 7) is 0. The average Bonchev–Trinajstić information content (AvgIpc) is 2.63. The van der Waals surface area contributed by atoms with E-state index in [1.165, 1.54) is 0 Å². The molecule has 0 fully saturated rings. The van der Waals surface area contributed by atoms with E-state index < -0.39 is 43.2 Å². The second-order valence-corrected chi connectivity index (χ2v) is 8.59. The molecule has 0 spiro atoms. The van der Waals surface area contributed by atoms with Crippen molar-refractivity contribution in [2.45, 2.75) is 0 Å². The number of rotatable bonds is 0. The molecule has 4 N–H and O–H groups in total. The first-order valence-electron chi connectivity index (χ1n) is 3.44. The van der Waals surface area contributed by atoms with Crippen LogP contribution in [0.2, 0.25) is 0 Å². The Morgan fingerprint density at radius 3 is 1.31 bits per heavy atom. The molecule has 0 aromatic carbocycles. The summed E-state index contributed by atoms with van der Waals surface area (Å²) in [7, 11) is 0. The summed E-state index contributed by atoms with van der Waals surface area (Å²) in [5.74, 6) is 0. The first-order valence-corrected chi connectivity index (χ1v) is 9.58. The summed E-state index contributed by atoms with van der Waals surface area (Å²) in [5.41, 5.74) is 0. The molecule has 0 atom stereocenters. The van der Waals surface area contributed by atoms with Crippen LogP contribution in [0.15, 0.2) is 39.8 Å². The fraction of sp³-hybridized carbons (Fsp3) is 0. The van der Waals surface area contributed by atoms with E-state index in [9.17, 15) is 0 Å². The van der Waals surface area contributed by atoms with Crippen LogP contribution >= 0.6 is 0 Å². The fourth-order valence-corrected chi connectivity index (χ4v) is 3.81. The molecule has 2 rings (SSSR count). The maximum absolute atomic E-state index is 8.60. The predicted molar refractivity (Wildman–Crippen MR) is 57.6 cm³/mol. The van der Waals surface area contributed by atoms with E-state index in [1.54, 1.807) is 12.2 Å². The zero-order valence-corrected chi connectivity index (χ0v) is 12.6. The standard InChI is InChI=1S/2C4H4O.H2O.2Sb.2H/c2*1-2-3-4-5;;;;;/h2*1-3,5H;1H2;;;;. The van der Waals surface area contributed by atoms with E-state index in [1.807, 2.05) is 12.2 Å². The maximum atomic E-state index is 8.60. The van der Waals surface area contributed by atoms with Crippen LogP contribution < -0.4 is 0 Å². The zero-order valence-electron chi connectivity index (χ0n) is 6.86. The molecule has 5 heteroatoms. The van der Waals surface area contributed by atoms with Gasteiger partial charge in [-0.3, -0.25) is 0 Å². The third-order valence-electron chi connectivity index (χ3n) is 1.16. The van der Waals surface area contributed by atoms with E-state index in [4.69, 9.17) is 10.2 Å². The van der Waals surface area contributed by atoms with Crippen LogP contribution in [-0.4, -0.2) is 58.9 Å². The van der Waals surface area contributed by atoms with E-state index in [0.717, 1.165) is 0 Å². The van der Waals surface area contributed by atoms with Crippen molar-refractivity contribution in [3.05, 3.63) is 39.8 Å². The van der Waals surface area contributed by atoms with Crippen LogP contribution in [0.1, 0.15) is 0 Å². The Bertz CT molecular complexity index is 239. The number of aliphatic hydroxyl groups is 2. The number of aliphatic hydroxyl groups excluding tert-OH is 2. The molecule has 0 saturated heterocycles. The van der Waals surface area contributed by atoms with Crippen LogP contribution in [0.25, 0.3) is 0 Å². The van der Waals surface area contributed by atoms with Gasteiger partial charge in [-0.05, 0) is 0 Å². The quantitative estimate of drug-likeness (QED) is 0.557. The summed E-state index contributed by atoms with van der Waals surface area (Å²) in [6.07, 6.45) is 7.38. The van der Waals surface area contributed by atoms with Crippen molar-refractivity contribution in [1.82, 2.24) is 0 Å². The molecular formula is C8H12O3Sb2. The number of hydrogen-bond donors (Lipinski definition) is 2. The Hall–Kier alpha value is 0.156. The van der Waals surface area contributed by atoms with Crippen LogP contribution in [0.3, 0.4) is 0 Å². The summed E-state index contributed by atoms with van der Waals surface area (Å²) in [6, 6.07) is 0. The molecule has 0 aliphatic carbocycles. The van der Waals surface area contributed by atoms with Gasteiger partial charge in [-0.2, -0.15) is 0 Å². The van der Waals surface area contributed by atoms with E-state index >= 15 is 0 Å². The van der Waals surface area contributed by atoms with Crippen molar-refractivity contribution in [1.29, 1.82) is 0 Å². The SMILES string of the molecule is O.O[C]1=CC=[CH][SbH]1.O[C]1=CC=[CH][SbH]1. The third-order valence-corrected chi connectivity index (χ3v) is 5.85. The second-order valence-electron chi connectivity index (χ2n) is 2.11. The molecule has 0 amide bonds. The van der Waals surface area contributed by atoms with Crippen LogP contribution in [0, 0.1) is 0 Å². The van der Waals surface area contributed by atoms with Gasteiger partial charge in [-0.15, -0.1) is 0 Å². The zero-order chi connectivity index (χ0) is 8.81. The molecule has 2 aliphatic rings. The second kappa shape index (κ2) is 7.55. The van der Waals surface area contributed by atoms with Crippen molar-refractivity contribution < 1.29 is 15.7 Å². The molecule has 0 bridgehead atoms. The van der Waals surface area contributed by atoms with E-state index in [2.05, 4.69) is 8.05 Å². The Labute approximate surface area is 97.9 Å². The van der Waals surface area contributed by atoms with Gasteiger partial charge in [0, 0.05) is 0 Å². The molecule has 72 valence electrons. The van der Waals surface area contributed by atoms with Crippen molar-refractivity contribution in [3.8, 4) is 0 Å². The predicted octanol–water partition coefficient (Wildman–Crippen LogP) is -0.126. The summed E-state index contributed by atoms with van der Waals surface area (Å²) in [4.78, 5) is 0. The summed E-state index contributed by atoms with van der Waals surface area (Å²) in [5, 5.41) is 17.2. The van der Waals surface area contributed by atoms with Gasteiger partial charge in [0.25, 0.3) is 0 Å². The van der Waals surface area contributed by atoms with Gasteiger partial charge in [0.1, 0.15) is 0 Å². The normalized spacial score (nSPS) is 16.9. The molecular weight excluding hydrogens is 388 g/mol. The Kier molecular flexibility index (Phi) is 7.64. The van der Waals surface area contributed by atoms with Crippen molar-refractivity contribution in [2.24, 2.45) is 0 Å². The van der Waals surface area contributed by atoms with Gasteiger partial charge in [0.15, 0.2) is 0 Å². The van der Waals surface area contributed by atoms with Crippen molar-refractivity contribution >= 4 is 43.2 Å². The molecule has 2 heterocycles. The van der Waals surface area contributed by atoms with E-state index in [-0.39, 0.29) is 5.48 Å². The van der Waals surface area contributed by atoms with Gasteiger partial charge in [0.2, 0.25) is 0 Å². The molecule has 0 aromatic rings. The van der Waals surface area contributed by atoms with Crippen LogP contribution in [-0.2, 0) is 0 Å². The van der Waals surface area contributed by atoms with Gasteiger partial charge >= 0.3 is 93.2 Å². The minimum absolute atomic E-state index is 0. The number of hydrogen-bond acceptors (Lipinski definition) is 2. The Morgan fingerprint density at radius 1 is 0.846 bits per heavy atom. The Balaban J connectivity index is 0.000000206. The first-order chi connectivity index (χ1) is 5.79. The van der Waals surface area contributed by atoms with Crippen molar-refractivity contribution in [2.75, 3.05) is 0 Å². The Morgan fingerprint density at radius 2 is 1.23 bits per heavy atom. The first kappa shape index (κ1) is 13.2. The molecule has 0 aromatic heterocycles. The summed E-state index contributed by atoms with van der Waals surface area (Å²) >= 11 is -1.05. The van der Waals surface area contributed by atoms with Crippen molar-refractivity contribution in [3.63, 3.8) is 0 Å². The van der Waals surface area contributed by atoms with Gasteiger partial charge in [-0.25, -0.2) is 0 Å². The van der Waals surface area contributed by atoms with Crippen LogP contribution in [0.4, 0.5) is 0 Å². The topological polar surface area (TPSA) is 72.0 Å². The van der Waals surface area contributed by atoms with Gasteiger partial charge in [-0.1, -0.05) is 0 Å². The number of allylic oxidation sites excluding steroid dienone is 4. The molecule has 0 radical (unpaired) electrons. The van der Waals surface area contributed by atoms with Gasteiger partial charge in [0.05, 0.1) is 0 Å². The van der Waals surface area contributed by atoms with Crippen LogP contribution in [0.5, 0.6) is 0 Å². The third kappa shape index (κ3) is 6.26. The average molecular weight is 400 g/mol. The van der Waals surface area contributed by atoms with Gasteiger partial charge < -0.3 is 5.48 Å². The molecule has 0 saturated carbocycles. The summed E-state index contributed by atoms with van der Waals surface area (Å²) < 4.78 is 5.44. The molecule has 13 heavy (non-hydrogen) atoms.